The first kappa shape index (κ1) is 40.0. The molecule has 0 fully saturated rings. The number of hydrogen-bond donors (Lipinski definition) is 0. The van der Waals surface area contributed by atoms with Crippen molar-refractivity contribution in [2.24, 2.45) is 0 Å². The fourth-order valence-electron chi connectivity index (χ4n) is 2.13. The Morgan fingerprint density at radius 1 is 0.317 bits per heavy atom. The average Bonchev–Trinajstić information content (AvgIpc) is 2.69. The molecule has 0 aromatic carbocycles. The number of hydrogen-bond acceptors (Lipinski definition) is 6. The molecule has 0 unspecified atom stereocenters. The van der Waals surface area contributed by atoms with Crippen molar-refractivity contribution < 1.29 is 117 Å². The van der Waals surface area contributed by atoms with Crippen LogP contribution in [0.3, 0.4) is 0 Å². The maximum atomic E-state index is 14.0. The monoisotopic (exact) mass is 718 g/mol. The molecular formula is C10F21LiO6S3. The van der Waals surface area contributed by atoms with Crippen LogP contribution in [0.4, 0.5) is 92.2 Å². The van der Waals surface area contributed by atoms with E-state index in [0.29, 0.717) is 0 Å². The third kappa shape index (κ3) is 4.66. The van der Waals surface area contributed by atoms with Crippen molar-refractivity contribution in [1.29, 1.82) is 0 Å². The summed E-state index contributed by atoms with van der Waals surface area (Å²) in [6.45, 7) is 0. The van der Waals surface area contributed by atoms with Crippen LogP contribution in [0.5, 0.6) is 0 Å². The van der Waals surface area contributed by atoms with Crippen molar-refractivity contribution in [2.45, 2.75) is 54.1 Å². The van der Waals surface area contributed by atoms with E-state index in [-0.39, 0.29) is 0 Å². The molecule has 41 heavy (non-hydrogen) atoms. The van der Waals surface area contributed by atoms with Crippen molar-refractivity contribution >= 4 is 47.2 Å². The fourth-order valence-corrected chi connectivity index (χ4v) is 10.2. The number of alkyl halides is 21. The molecule has 0 heterocycles. The van der Waals surface area contributed by atoms with Crippen LogP contribution in [0.2, 0.25) is 0 Å². The van der Waals surface area contributed by atoms with Crippen molar-refractivity contribution in [3.63, 3.8) is 0 Å². The molecule has 242 valence electrons. The van der Waals surface area contributed by atoms with Crippen LogP contribution >= 0.6 is 0 Å². The molecule has 0 aliphatic carbocycles. The van der Waals surface area contributed by atoms with E-state index in [4.69, 9.17) is 0 Å². The summed E-state index contributed by atoms with van der Waals surface area (Å²) in [5.74, 6) is -26.0. The van der Waals surface area contributed by atoms with Gasteiger partial charge in [-0.15, -0.1) is 0 Å². The van der Waals surface area contributed by atoms with Gasteiger partial charge >= 0.3 is 219 Å². The molecule has 0 aromatic rings. The molecule has 0 radical (unpaired) electrons. The topological polar surface area (TPSA) is 102 Å². The van der Waals surface area contributed by atoms with Gasteiger partial charge < -0.3 is 0 Å². The first-order valence-electron chi connectivity index (χ1n) is 8.19. The quantitative estimate of drug-likeness (QED) is 0.259. The molecule has 0 aromatic heterocycles. The van der Waals surface area contributed by atoms with Gasteiger partial charge in [0.2, 0.25) is 0 Å². The molecule has 6 nitrogen and oxygen atoms in total. The van der Waals surface area contributed by atoms with E-state index in [0.717, 1.165) is 0 Å². The zero-order valence-electron chi connectivity index (χ0n) is 17.6. The van der Waals surface area contributed by atoms with Gasteiger partial charge in [0.05, 0.1) is 0 Å². The minimum absolute atomic E-state index is 2.58. The molecule has 0 spiro atoms. The van der Waals surface area contributed by atoms with Crippen LogP contribution in [0.15, 0.2) is 0 Å². The Hall–Kier alpha value is -1.02. The van der Waals surface area contributed by atoms with Gasteiger partial charge in [-0.2, -0.15) is 0 Å². The Balaban J connectivity index is 8.77. The normalized spacial score (nSPS) is 17.1. The first-order valence-corrected chi connectivity index (χ1v) is 12.6. The third-order valence-electron chi connectivity index (χ3n) is 4.64. The van der Waals surface area contributed by atoms with Crippen LogP contribution in [-0.2, 0) is 29.5 Å². The Morgan fingerprint density at radius 3 is 0.537 bits per heavy atom. The summed E-state index contributed by atoms with van der Waals surface area (Å²) in [5, 5.41) is -26.8. The summed E-state index contributed by atoms with van der Waals surface area (Å²) in [5.41, 5.74) is 0. The molecule has 0 bridgehead atoms. The van der Waals surface area contributed by atoms with Crippen LogP contribution in [0.25, 0.3) is 0 Å². The van der Waals surface area contributed by atoms with Gasteiger partial charge in [0.25, 0.3) is 0 Å². The van der Waals surface area contributed by atoms with Gasteiger partial charge in [-0.05, 0) is 0 Å². The van der Waals surface area contributed by atoms with E-state index < -0.39 is 101 Å². The van der Waals surface area contributed by atoms with E-state index in [1.54, 1.807) is 0 Å². The standard InChI is InChI=1S/C10F21O6S3.Li/c11-2(12,5(17,18)19)8(26,27)38(32,33)1(39(34,35)9(28,29)3(13,14)6(20,21)22)40(36,37)10(30,31)4(15,16)7(23,24)25;. The van der Waals surface area contributed by atoms with Gasteiger partial charge in [-0.3, -0.25) is 0 Å². The zero-order valence-corrected chi connectivity index (χ0v) is 20.1. The van der Waals surface area contributed by atoms with Crippen LogP contribution in [0, 0.1) is 0 Å². The molecule has 0 rings (SSSR count). The number of sulfone groups is 3. The Labute approximate surface area is 219 Å². The van der Waals surface area contributed by atoms with Crippen LogP contribution in [0.1, 0.15) is 0 Å². The fraction of sp³-hybridized carbons (Fsp3) is 1.00. The molecule has 0 saturated heterocycles. The summed E-state index contributed by atoms with van der Waals surface area (Å²) in [4.78, 5) is 0. The Morgan fingerprint density at radius 2 is 0.439 bits per heavy atom. The second-order valence-electron chi connectivity index (χ2n) is 7.14. The molecular weight excluding hydrogens is 718 g/mol. The number of rotatable bonds is 9. The number of halogens is 21. The summed E-state index contributed by atoms with van der Waals surface area (Å²) in [6.07, 6.45) is -24.7. The second-order valence-corrected chi connectivity index (χ2v) is 14.9. The van der Waals surface area contributed by atoms with Gasteiger partial charge in [-0.25, -0.2) is 0 Å². The summed E-state index contributed by atoms with van der Waals surface area (Å²) in [7, 11) is -30.5. The molecule has 0 aliphatic rings. The predicted molar refractivity (Wildman–Crippen MR) is 83.1 cm³/mol. The summed E-state index contributed by atoms with van der Waals surface area (Å²) < 4.78 is 338. The van der Waals surface area contributed by atoms with Crippen molar-refractivity contribution in [2.75, 3.05) is 0 Å². The second kappa shape index (κ2) is 9.49. The van der Waals surface area contributed by atoms with Crippen molar-refractivity contribution in [3.8, 4) is 0 Å². The van der Waals surface area contributed by atoms with Gasteiger partial charge in [-0.1, -0.05) is 0 Å². The zero-order chi connectivity index (χ0) is 34.5. The Kier molecular flexibility index (Phi) is 9.25. The van der Waals surface area contributed by atoms with Crippen LogP contribution < -0.4 is 0 Å². The Bertz CT molecular complexity index is 1190. The predicted octanol–water partition coefficient (Wildman–Crippen LogP) is 4.38. The summed E-state index contributed by atoms with van der Waals surface area (Å²) >= 11 is -2.58. The van der Waals surface area contributed by atoms with Crippen LogP contribution in [-0.4, -0.2) is 97.1 Å². The van der Waals surface area contributed by atoms with Gasteiger partial charge in [0.1, 0.15) is 0 Å². The molecule has 0 aliphatic heterocycles. The SMILES string of the molecule is [Li][C](S(=O)(=O)C(F)(F)C(F)(F)C(F)(F)F)(S(=O)(=O)C(F)(F)C(F)(F)C(F)(F)F)S(=O)(=O)C(F)(F)C(F)(F)C(F)(F)F. The summed E-state index contributed by atoms with van der Waals surface area (Å²) in [6, 6.07) is 0. The van der Waals surface area contributed by atoms with E-state index in [1.165, 1.54) is 0 Å². The van der Waals surface area contributed by atoms with Crippen molar-refractivity contribution in [1.82, 2.24) is 0 Å². The first-order chi connectivity index (χ1) is 17.0. The van der Waals surface area contributed by atoms with E-state index in [1.807, 2.05) is 0 Å². The van der Waals surface area contributed by atoms with E-state index >= 15 is 0 Å². The minimum atomic E-state index is -10.2. The van der Waals surface area contributed by atoms with Gasteiger partial charge in [0.15, 0.2) is 0 Å². The van der Waals surface area contributed by atoms with E-state index in [2.05, 4.69) is 0 Å². The molecule has 0 atom stereocenters. The molecule has 0 amide bonds. The third-order valence-corrected chi connectivity index (χ3v) is 14.3. The van der Waals surface area contributed by atoms with Crippen molar-refractivity contribution in [3.05, 3.63) is 0 Å². The molecule has 0 N–H and O–H groups in total. The molecule has 0 saturated carbocycles. The van der Waals surface area contributed by atoms with Gasteiger partial charge in [0, 0.05) is 0 Å². The van der Waals surface area contributed by atoms with E-state index in [9.17, 15) is 117 Å². The maximum absolute atomic E-state index is 14.0. The average molecular weight is 718 g/mol. The molecule has 31 heteroatoms.